The summed E-state index contributed by atoms with van der Waals surface area (Å²) in [5, 5.41) is 5.81. The maximum Gasteiger partial charge on any atom is 0.347 e. The van der Waals surface area contributed by atoms with Crippen LogP contribution in [0.5, 0.6) is 0 Å². The maximum absolute atomic E-state index is 13.1. The fourth-order valence-electron chi connectivity index (χ4n) is 1.10. The zero-order valence-corrected chi connectivity index (χ0v) is 9.03. The number of nitrogens with one attached hydrogen (secondary N) is 1. The van der Waals surface area contributed by atoms with Gasteiger partial charge in [-0.3, -0.25) is 0 Å². The van der Waals surface area contributed by atoms with E-state index in [2.05, 4.69) is 10.2 Å². The average molecular weight is 305 g/mol. The molecule has 14 heavy (non-hydrogen) atoms. The molecule has 1 aromatic carbocycles. The van der Waals surface area contributed by atoms with Crippen molar-refractivity contribution in [2.75, 3.05) is 0 Å². The van der Waals surface area contributed by atoms with Gasteiger partial charge in [-0.05, 0) is 34.7 Å². The second-order valence-electron chi connectivity index (χ2n) is 2.60. The average Bonchev–Trinajstić information content (AvgIpc) is 2.57. The first-order chi connectivity index (χ1) is 6.70. The quantitative estimate of drug-likeness (QED) is 0.808. The molecule has 6 heteroatoms. The highest BCUT2D eigenvalue weighted by Gasteiger charge is 2.08. The summed E-state index contributed by atoms with van der Waals surface area (Å²) in [5.41, 5.74) is 0.109. The molecule has 2 aromatic rings. The zero-order chi connectivity index (χ0) is 10.1. The van der Waals surface area contributed by atoms with Crippen molar-refractivity contribution in [3.05, 3.63) is 44.4 Å². The Morgan fingerprint density at radius 2 is 2.29 bits per heavy atom. The molecule has 0 spiro atoms. The summed E-state index contributed by atoms with van der Waals surface area (Å²) in [4.78, 5) is 11.2. The van der Waals surface area contributed by atoms with Gasteiger partial charge in [0.15, 0.2) is 0 Å². The van der Waals surface area contributed by atoms with Crippen molar-refractivity contribution < 1.29 is 4.39 Å². The first kappa shape index (κ1) is 9.38. The minimum Gasteiger partial charge on any atom is -0.249 e. The zero-order valence-electron chi connectivity index (χ0n) is 6.87. The Hall–Kier alpha value is -1.18. The molecular weight excluding hydrogens is 300 g/mol. The van der Waals surface area contributed by atoms with Crippen LogP contribution in [0.3, 0.4) is 0 Å². The van der Waals surface area contributed by atoms with Gasteiger partial charge >= 0.3 is 5.69 Å². The predicted octanol–water partition coefficient (Wildman–Crippen LogP) is 1.30. The van der Waals surface area contributed by atoms with Gasteiger partial charge in [-0.15, -0.1) is 0 Å². The van der Waals surface area contributed by atoms with Crippen LogP contribution in [0.1, 0.15) is 0 Å². The minimum atomic E-state index is -0.381. The van der Waals surface area contributed by atoms with Crippen LogP contribution in [-0.2, 0) is 0 Å². The Morgan fingerprint density at radius 3 is 2.93 bits per heavy atom. The van der Waals surface area contributed by atoms with E-state index in [1.165, 1.54) is 17.0 Å². The molecule has 0 atom stereocenters. The van der Waals surface area contributed by atoms with E-state index in [4.69, 9.17) is 0 Å². The third-order valence-electron chi connectivity index (χ3n) is 1.74. The van der Waals surface area contributed by atoms with E-state index < -0.39 is 0 Å². The lowest BCUT2D eigenvalue weighted by atomic mass is 10.3. The SMILES string of the molecule is O=c1[nH]ncn1-c1cccc(F)c1I. The number of aromatic amines is 1. The molecule has 0 aliphatic heterocycles. The van der Waals surface area contributed by atoms with Crippen LogP contribution in [0.2, 0.25) is 0 Å². The van der Waals surface area contributed by atoms with E-state index in [9.17, 15) is 9.18 Å². The summed E-state index contributed by atoms with van der Waals surface area (Å²) in [6.07, 6.45) is 1.32. The molecule has 0 radical (unpaired) electrons. The van der Waals surface area contributed by atoms with Crippen LogP contribution in [-0.4, -0.2) is 14.8 Å². The summed E-state index contributed by atoms with van der Waals surface area (Å²) in [6.45, 7) is 0. The number of nitrogens with zero attached hydrogens (tertiary/aromatic N) is 2. The molecule has 0 fully saturated rings. The molecular formula is C8H5FIN3O. The second-order valence-corrected chi connectivity index (χ2v) is 3.68. The van der Waals surface area contributed by atoms with Crippen LogP contribution in [0.4, 0.5) is 4.39 Å². The van der Waals surface area contributed by atoms with Crippen molar-refractivity contribution in [1.29, 1.82) is 0 Å². The summed E-state index contributed by atoms with van der Waals surface area (Å²) in [5.74, 6) is -0.351. The van der Waals surface area contributed by atoms with Gasteiger partial charge in [-0.1, -0.05) is 6.07 Å². The molecule has 0 saturated heterocycles. The molecule has 0 amide bonds. The maximum atomic E-state index is 13.1. The molecule has 1 N–H and O–H groups in total. The first-order valence-electron chi connectivity index (χ1n) is 3.76. The Kier molecular flexibility index (Phi) is 2.36. The lowest BCUT2D eigenvalue weighted by Crippen LogP contribution is -2.15. The molecule has 72 valence electrons. The first-order valence-corrected chi connectivity index (χ1v) is 4.84. The Balaban J connectivity index is 2.69. The van der Waals surface area contributed by atoms with E-state index in [1.807, 2.05) is 22.6 Å². The van der Waals surface area contributed by atoms with Crippen molar-refractivity contribution in [2.24, 2.45) is 0 Å². The van der Waals surface area contributed by atoms with E-state index in [1.54, 1.807) is 12.1 Å². The van der Waals surface area contributed by atoms with Crippen molar-refractivity contribution in [2.45, 2.75) is 0 Å². The molecule has 2 rings (SSSR count). The number of H-pyrrole nitrogens is 1. The van der Waals surface area contributed by atoms with Gasteiger partial charge in [0.1, 0.15) is 12.1 Å². The van der Waals surface area contributed by atoms with Gasteiger partial charge in [0, 0.05) is 0 Å². The fourth-order valence-corrected chi connectivity index (χ4v) is 1.72. The fraction of sp³-hybridized carbons (Fsp3) is 0. The van der Waals surface area contributed by atoms with Crippen LogP contribution >= 0.6 is 22.6 Å². The highest BCUT2D eigenvalue weighted by Crippen LogP contribution is 2.18. The summed E-state index contributed by atoms with van der Waals surface area (Å²) >= 11 is 1.85. The molecule has 0 aliphatic carbocycles. The smallest absolute Gasteiger partial charge is 0.249 e. The Bertz CT molecular complexity index is 519. The third kappa shape index (κ3) is 1.45. The highest BCUT2D eigenvalue weighted by molar-refractivity contribution is 14.1. The number of rotatable bonds is 1. The van der Waals surface area contributed by atoms with Crippen LogP contribution in [0, 0.1) is 9.39 Å². The molecule has 0 saturated carbocycles. The molecule has 1 aromatic heterocycles. The number of benzene rings is 1. The molecule has 4 nitrogen and oxygen atoms in total. The van der Waals surface area contributed by atoms with Crippen LogP contribution in [0.15, 0.2) is 29.3 Å². The largest absolute Gasteiger partial charge is 0.347 e. The van der Waals surface area contributed by atoms with Crippen molar-refractivity contribution >= 4 is 22.6 Å². The third-order valence-corrected chi connectivity index (χ3v) is 2.81. The number of hydrogen-bond acceptors (Lipinski definition) is 2. The van der Waals surface area contributed by atoms with E-state index >= 15 is 0 Å². The lowest BCUT2D eigenvalue weighted by molar-refractivity contribution is 0.618. The summed E-state index contributed by atoms with van der Waals surface area (Å²) in [7, 11) is 0. The lowest BCUT2D eigenvalue weighted by Gasteiger charge is -2.03. The number of aromatic nitrogens is 3. The van der Waals surface area contributed by atoms with Gasteiger partial charge < -0.3 is 0 Å². The number of halogens is 2. The van der Waals surface area contributed by atoms with Crippen LogP contribution in [0.25, 0.3) is 5.69 Å². The van der Waals surface area contributed by atoms with Gasteiger partial charge in [0.2, 0.25) is 0 Å². The molecule has 0 bridgehead atoms. The normalized spacial score (nSPS) is 10.4. The van der Waals surface area contributed by atoms with Crippen LogP contribution < -0.4 is 5.69 Å². The molecule has 0 unspecified atom stereocenters. The molecule has 0 aliphatic rings. The number of hydrogen-bond donors (Lipinski definition) is 1. The van der Waals surface area contributed by atoms with Crippen molar-refractivity contribution in [3.8, 4) is 5.69 Å². The second kappa shape index (κ2) is 3.52. The monoisotopic (exact) mass is 305 g/mol. The Labute approximate surface area is 91.9 Å². The topological polar surface area (TPSA) is 50.7 Å². The summed E-state index contributed by atoms with van der Waals surface area (Å²) < 4.78 is 14.8. The van der Waals surface area contributed by atoms with Gasteiger partial charge in [-0.2, -0.15) is 5.10 Å². The van der Waals surface area contributed by atoms with E-state index in [-0.39, 0.29) is 11.5 Å². The minimum absolute atomic E-state index is 0.351. The van der Waals surface area contributed by atoms with E-state index in [0.717, 1.165) is 0 Å². The van der Waals surface area contributed by atoms with Gasteiger partial charge in [-0.25, -0.2) is 18.9 Å². The Morgan fingerprint density at radius 1 is 1.50 bits per heavy atom. The summed E-state index contributed by atoms with van der Waals surface area (Å²) in [6, 6.07) is 4.55. The van der Waals surface area contributed by atoms with E-state index in [0.29, 0.717) is 9.26 Å². The van der Waals surface area contributed by atoms with Gasteiger partial charge in [0.05, 0.1) is 9.26 Å². The standard InChI is InChI=1S/C8H5FIN3O/c9-5-2-1-3-6(7(5)10)13-4-11-12-8(13)14/h1-4H,(H,12,14). The van der Waals surface area contributed by atoms with Crippen molar-refractivity contribution in [3.63, 3.8) is 0 Å². The predicted molar refractivity (Wildman–Crippen MR) is 56.9 cm³/mol. The van der Waals surface area contributed by atoms with Gasteiger partial charge in [0.25, 0.3) is 0 Å². The molecule has 1 heterocycles. The highest BCUT2D eigenvalue weighted by atomic mass is 127. The van der Waals surface area contributed by atoms with Crippen molar-refractivity contribution in [1.82, 2.24) is 14.8 Å².